The van der Waals surface area contributed by atoms with Crippen molar-refractivity contribution in [2.45, 2.75) is 19.5 Å². The fourth-order valence-electron chi connectivity index (χ4n) is 1.70. The van der Waals surface area contributed by atoms with Crippen LogP contribution in [0.3, 0.4) is 0 Å². The van der Waals surface area contributed by atoms with Crippen molar-refractivity contribution in [2.75, 3.05) is 18.4 Å². The number of alkyl halides is 4. The second kappa shape index (κ2) is 6.93. The summed E-state index contributed by atoms with van der Waals surface area (Å²) in [4.78, 5) is 13.7. The maximum absolute atomic E-state index is 12.6. The number of hydrogen-bond donors (Lipinski definition) is 0. The molecule has 0 heterocycles. The summed E-state index contributed by atoms with van der Waals surface area (Å²) in [7, 11) is 0. The van der Waals surface area contributed by atoms with Gasteiger partial charge < -0.3 is 4.90 Å². The van der Waals surface area contributed by atoms with Gasteiger partial charge in [-0.1, -0.05) is 28.9 Å². The normalized spacial score (nSPS) is 11.4. The fraction of sp³-hybridized carbons (Fsp3) is 0.462. The van der Waals surface area contributed by atoms with Gasteiger partial charge in [-0.25, -0.2) is 0 Å². The van der Waals surface area contributed by atoms with Crippen LogP contribution >= 0.6 is 15.9 Å². The van der Waals surface area contributed by atoms with Gasteiger partial charge in [0, 0.05) is 24.0 Å². The van der Waals surface area contributed by atoms with Crippen molar-refractivity contribution in [2.24, 2.45) is 0 Å². The van der Waals surface area contributed by atoms with Gasteiger partial charge >= 0.3 is 6.18 Å². The summed E-state index contributed by atoms with van der Waals surface area (Å²) < 4.78 is 37.8. The summed E-state index contributed by atoms with van der Waals surface area (Å²) in [6.45, 7) is 2.92. The monoisotopic (exact) mass is 337 g/mol. The molecule has 1 rings (SSSR count). The number of rotatable bonds is 5. The Bertz CT molecular complexity index is 428. The van der Waals surface area contributed by atoms with Crippen LogP contribution in [0.4, 0.5) is 13.2 Å². The third kappa shape index (κ3) is 4.53. The van der Waals surface area contributed by atoms with Gasteiger partial charge in [-0.2, -0.15) is 13.2 Å². The van der Waals surface area contributed by atoms with Gasteiger partial charge in [0.1, 0.15) is 0 Å². The molecular formula is C13H15BrF3NO. The van der Waals surface area contributed by atoms with E-state index >= 15 is 0 Å². The summed E-state index contributed by atoms with van der Waals surface area (Å²) >= 11 is 3.23. The summed E-state index contributed by atoms with van der Waals surface area (Å²) in [6, 6.07) is 4.54. The number of hydrogen-bond acceptors (Lipinski definition) is 1. The first-order valence-corrected chi connectivity index (χ1v) is 7.04. The molecule has 1 aromatic carbocycles. The molecule has 0 aliphatic carbocycles. The number of carbonyl (C=O) groups is 1. The maximum Gasteiger partial charge on any atom is 0.416 e. The highest BCUT2D eigenvalue weighted by atomic mass is 79.9. The molecular weight excluding hydrogens is 323 g/mol. The van der Waals surface area contributed by atoms with Gasteiger partial charge in [0.05, 0.1) is 5.56 Å². The van der Waals surface area contributed by atoms with Crippen molar-refractivity contribution in [3.05, 3.63) is 35.4 Å². The second-order valence-corrected chi connectivity index (χ2v) is 4.85. The minimum atomic E-state index is -4.43. The maximum atomic E-state index is 12.6. The zero-order valence-corrected chi connectivity index (χ0v) is 12.1. The zero-order valence-electron chi connectivity index (χ0n) is 10.5. The number of halogens is 4. The number of benzene rings is 1. The van der Waals surface area contributed by atoms with Crippen molar-refractivity contribution in [3.8, 4) is 0 Å². The van der Waals surface area contributed by atoms with E-state index < -0.39 is 11.7 Å². The molecule has 0 atom stereocenters. The Hall–Kier alpha value is -1.04. The van der Waals surface area contributed by atoms with E-state index in [2.05, 4.69) is 15.9 Å². The number of amides is 1. The lowest BCUT2D eigenvalue weighted by molar-refractivity contribution is -0.137. The average molecular weight is 338 g/mol. The van der Waals surface area contributed by atoms with Crippen molar-refractivity contribution < 1.29 is 18.0 Å². The van der Waals surface area contributed by atoms with Crippen LogP contribution in [0.1, 0.15) is 29.3 Å². The molecule has 0 unspecified atom stereocenters. The highest BCUT2D eigenvalue weighted by molar-refractivity contribution is 9.09. The predicted octanol–water partition coefficient (Wildman–Crippen LogP) is 3.95. The van der Waals surface area contributed by atoms with Gasteiger partial charge in [0.15, 0.2) is 0 Å². The highest BCUT2D eigenvalue weighted by Crippen LogP contribution is 2.29. The SMILES string of the molecule is CCCN(CCBr)C(=O)c1cccc(C(F)(F)F)c1. The van der Waals surface area contributed by atoms with Gasteiger partial charge in [-0.05, 0) is 24.6 Å². The highest BCUT2D eigenvalue weighted by Gasteiger charge is 2.31. The average Bonchev–Trinajstić information content (AvgIpc) is 2.37. The Balaban J connectivity index is 2.98. The standard InChI is InChI=1S/C13H15BrF3NO/c1-2-7-18(8-6-14)12(19)10-4-3-5-11(9-10)13(15,16)17/h3-5,9H,2,6-8H2,1H3. The molecule has 0 spiro atoms. The molecule has 1 aromatic rings. The largest absolute Gasteiger partial charge is 0.416 e. The Morgan fingerprint density at radius 2 is 2.00 bits per heavy atom. The predicted molar refractivity (Wildman–Crippen MR) is 71.4 cm³/mol. The zero-order chi connectivity index (χ0) is 14.5. The number of carbonyl (C=O) groups excluding carboxylic acids is 1. The van der Waals surface area contributed by atoms with Gasteiger partial charge in [-0.15, -0.1) is 0 Å². The molecule has 0 aliphatic heterocycles. The lowest BCUT2D eigenvalue weighted by atomic mass is 10.1. The van der Waals surface area contributed by atoms with Gasteiger partial charge in [0.25, 0.3) is 5.91 Å². The molecule has 0 aliphatic rings. The van der Waals surface area contributed by atoms with E-state index in [-0.39, 0.29) is 11.5 Å². The molecule has 2 nitrogen and oxygen atoms in total. The molecule has 1 amide bonds. The topological polar surface area (TPSA) is 20.3 Å². The quantitative estimate of drug-likeness (QED) is 0.745. The Morgan fingerprint density at radius 1 is 1.32 bits per heavy atom. The lowest BCUT2D eigenvalue weighted by Gasteiger charge is -2.21. The third-order valence-electron chi connectivity index (χ3n) is 2.57. The molecule has 6 heteroatoms. The molecule has 19 heavy (non-hydrogen) atoms. The summed E-state index contributed by atoms with van der Waals surface area (Å²) in [5, 5.41) is 0.595. The third-order valence-corrected chi connectivity index (χ3v) is 2.93. The van der Waals surface area contributed by atoms with Crippen LogP contribution in [0, 0.1) is 0 Å². The summed E-state index contributed by atoms with van der Waals surface area (Å²) in [5.74, 6) is -0.368. The molecule has 0 bridgehead atoms. The van der Waals surface area contributed by atoms with Crippen LogP contribution in [-0.4, -0.2) is 29.2 Å². The van der Waals surface area contributed by atoms with Crippen LogP contribution in [-0.2, 0) is 6.18 Å². The van der Waals surface area contributed by atoms with E-state index in [0.29, 0.717) is 18.4 Å². The van der Waals surface area contributed by atoms with Gasteiger partial charge in [-0.3, -0.25) is 4.79 Å². The molecule has 0 radical (unpaired) electrons. The molecule has 0 N–H and O–H groups in total. The van der Waals surface area contributed by atoms with Crippen molar-refractivity contribution >= 4 is 21.8 Å². The van der Waals surface area contributed by atoms with Crippen molar-refractivity contribution in [1.29, 1.82) is 0 Å². The van der Waals surface area contributed by atoms with Crippen LogP contribution in [0.5, 0.6) is 0 Å². The fourth-order valence-corrected chi connectivity index (χ4v) is 2.13. The van der Waals surface area contributed by atoms with Gasteiger partial charge in [0.2, 0.25) is 0 Å². The summed E-state index contributed by atoms with van der Waals surface area (Å²) in [5.41, 5.74) is -0.724. The minimum absolute atomic E-state index is 0.0734. The summed E-state index contributed by atoms with van der Waals surface area (Å²) in [6.07, 6.45) is -3.67. The minimum Gasteiger partial charge on any atom is -0.338 e. The first-order chi connectivity index (χ1) is 8.90. The van der Waals surface area contributed by atoms with E-state index in [1.165, 1.54) is 12.1 Å². The van der Waals surface area contributed by atoms with Crippen LogP contribution in [0.2, 0.25) is 0 Å². The van der Waals surface area contributed by atoms with Crippen molar-refractivity contribution in [1.82, 2.24) is 4.90 Å². The van der Waals surface area contributed by atoms with E-state index in [1.54, 1.807) is 4.90 Å². The first-order valence-electron chi connectivity index (χ1n) is 5.92. The van der Waals surface area contributed by atoms with E-state index in [1.807, 2.05) is 6.92 Å². The first kappa shape index (κ1) is 16.0. The lowest BCUT2D eigenvalue weighted by Crippen LogP contribution is -2.33. The Labute approximate surface area is 118 Å². The second-order valence-electron chi connectivity index (χ2n) is 4.06. The van der Waals surface area contributed by atoms with E-state index in [4.69, 9.17) is 0 Å². The molecule has 106 valence electrons. The van der Waals surface area contributed by atoms with Crippen molar-refractivity contribution in [3.63, 3.8) is 0 Å². The molecule has 0 fully saturated rings. The number of nitrogens with zero attached hydrogens (tertiary/aromatic N) is 1. The Kier molecular flexibility index (Phi) is 5.85. The molecule has 0 aromatic heterocycles. The molecule has 0 saturated carbocycles. The van der Waals surface area contributed by atoms with Crippen LogP contribution < -0.4 is 0 Å². The Morgan fingerprint density at radius 3 is 2.53 bits per heavy atom. The molecule has 0 saturated heterocycles. The smallest absolute Gasteiger partial charge is 0.338 e. The van der Waals surface area contributed by atoms with Crippen LogP contribution in [0.15, 0.2) is 24.3 Å². The van der Waals surface area contributed by atoms with E-state index in [9.17, 15) is 18.0 Å². The van der Waals surface area contributed by atoms with Crippen LogP contribution in [0.25, 0.3) is 0 Å². The van der Waals surface area contributed by atoms with E-state index in [0.717, 1.165) is 18.6 Å².